The lowest BCUT2D eigenvalue weighted by Crippen LogP contribution is -2.25. The molecule has 7 heteroatoms. The standard InChI is InChI=1S/C19H21N3O2S.ClH/c1-2-24-15-6-4-3-5-13(15)8-10-22-12-21-18-17(19(22)23)14-7-9-20-11-16(14)25-18;/h3-6,12,20H,2,7-11H2,1H3;1H. The van der Waals surface area contributed by atoms with E-state index < -0.39 is 0 Å². The van der Waals surface area contributed by atoms with Crippen molar-refractivity contribution in [1.29, 1.82) is 0 Å². The van der Waals surface area contributed by atoms with Gasteiger partial charge in [-0.3, -0.25) is 9.36 Å². The predicted molar refractivity (Wildman–Crippen MR) is 108 cm³/mol. The van der Waals surface area contributed by atoms with E-state index >= 15 is 0 Å². The van der Waals surface area contributed by atoms with E-state index in [4.69, 9.17) is 4.74 Å². The van der Waals surface area contributed by atoms with E-state index in [0.717, 1.165) is 47.5 Å². The molecule has 0 amide bonds. The molecule has 0 bridgehead atoms. The second-order valence-electron chi connectivity index (χ2n) is 6.14. The van der Waals surface area contributed by atoms with Gasteiger partial charge in [-0.05, 0) is 43.5 Å². The Labute approximate surface area is 162 Å². The van der Waals surface area contributed by atoms with E-state index in [-0.39, 0.29) is 18.0 Å². The Morgan fingerprint density at radius 2 is 2.19 bits per heavy atom. The zero-order valence-corrected chi connectivity index (χ0v) is 16.3. The van der Waals surface area contributed by atoms with E-state index in [9.17, 15) is 4.79 Å². The Bertz CT molecular complexity index is 967. The monoisotopic (exact) mass is 391 g/mol. The fourth-order valence-electron chi connectivity index (χ4n) is 3.36. The maximum absolute atomic E-state index is 13.0. The van der Waals surface area contributed by atoms with Gasteiger partial charge in [0.25, 0.3) is 5.56 Å². The normalized spacial score (nSPS) is 13.3. The van der Waals surface area contributed by atoms with Crippen LogP contribution in [0.3, 0.4) is 0 Å². The number of para-hydroxylation sites is 1. The van der Waals surface area contributed by atoms with E-state index in [2.05, 4.69) is 16.4 Å². The molecule has 5 nitrogen and oxygen atoms in total. The van der Waals surface area contributed by atoms with E-state index in [1.165, 1.54) is 10.4 Å². The van der Waals surface area contributed by atoms with Crippen LogP contribution in [-0.4, -0.2) is 22.7 Å². The summed E-state index contributed by atoms with van der Waals surface area (Å²) < 4.78 is 7.42. The molecule has 3 heterocycles. The number of halogens is 1. The summed E-state index contributed by atoms with van der Waals surface area (Å²) >= 11 is 1.64. The number of nitrogens with one attached hydrogen (secondary N) is 1. The SMILES string of the molecule is CCOc1ccccc1CCn1cnc2sc3c(c2c1=O)CCNC3.Cl. The highest BCUT2D eigenvalue weighted by atomic mass is 35.5. The van der Waals surface area contributed by atoms with E-state index in [0.29, 0.717) is 13.2 Å². The Hall–Kier alpha value is -1.89. The molecule has 0 saturated heterocycles. The van der Waals surface area contributed by atoms with Gasteiger partial charge in [-0.1, -0.05) is 18.2 Å². The number of rotatable bonds is 5. The molecule has 0 saturated carbocycles. The van der Waals surface area contributed by atoms with Crippen LogP contribution in [0.1, 0.15) is 22.9 Å². The summed E-state index contributed by atoms with van der Waals surface area (Å²) in [6, 6.07) is 8.01. The Balaban J connectivity index is 0.00000196. The lowest BCUT2D eigenvalue weighted by molar-refractivity contribution is 0.336. The minimum Gasteiger partial charge on any atom is -0.494 e. The first-order valence-corrected chi connectivity index (χ1v) is 9.50. The number of thiophene rings is 1. The van der Waals surface area contributed by atoms with E-state index in [1.807, 2.05) is 25.1 Å². The van der Waals surface area contributed by atoms with Crippen molar-refractivity contribution in [2.75, 3.05) is 13.2 Å². The number of ether oxygens (including phenoxy) is 1. The number of aromatic nitrogens is 2. The first kappa shape index (κ1) is 18.9. The fraction of sp³-hybridized carbons (Fsp3) is 0.368. The largest absolute Gasteiger partial charge is 0.494 e. The second-order valence-corrected chi connectivity index (χ2v) is 7.23. The first-order valence-electron chi connectivity index (χ1n) is 8.69. The van der Waals surface area contributed by atoms with Crippen LogP contribution in [0.25, 0.3) is 10.2 Å². The van der Waals surface area contributed by atoms with Crippen LogP contribution in [0, 0.1) is 0 Å². The molecule has 0 spiro atoms. The van der Waals surface area contributed by atoms with Crippen LogP contribution in [0.15, 0.2) is 35.4 Å². The molecule has 138 valence electrons. The maximum Gasteiger partial charge on any atom is 0.262 e. The van der Waals surface area contributed by atoms with Gasteiger partial charge < -0.3 is 10.1 Å². The number of hydrogen-bond donors (Lipinski definition) is 1. The molecule has 0 unspecified atom stereocenters. The number of benzene rings is 1. The fourth-order valence-corrected chi connectivity index (χ4v) is 4.50. The van der Waals surface area contributed by atoms with Crippen molar-refractivity contribution in [3.05, 3.63) is 57.0 Å². The molecule has 1 N–H and O–H groups in total. The number of nitrogens with zero attached hydrogens (tertiary/aromatic N) is 2. The van der Waals surface area contributed by atoms with Crippen molar-refractivity contribution in [2.24, 2.45) is 0 Å². The summed E-state index contributed by atoms with van der Waals surface area (Å²) in [5.74, 6) is 0.895. The minimum atomic E-state index is 0. The lowest BCUT2D eigenvalue weighted by atomic mass is 10.1. The molecule has 2 aromatic heterocycles. The van der Waals surface area contributed by atoms with Gasteiger partial charge in [0.15, 0.2) is 0 Å². The Kier molecular flexibility index (Phi) is 5.96. The van der Waals surface area contributed by atoms with Crippen LogP contribution < -0.4 is 15.6 Å². The van der Waals surface area contributed by atoms with Crippen LogP contribution in [0.4, 0.5) is 0 Å². The topological polar surface area (TPSA) is 56.2 Å². The number of aryl methyl sites for hydroxylation is 2. The van der Waals surface area contributed by atoms with Crippen molar-refractivity contribution in [2.45, 2.75) is 32.9 Å². The molecule has 0 fully saturated rings. The van der Waals surface area contributed by atoms with Crippen LogP contribution in [0.5, 0.6) is 5.75 Å². The molecule has 0 atom stereocenters. The highest BCUT2D eigenvalue weighted by molar-refractivity contribution is 7.18. The summed E-state index contributed by atoms with van der Waals surface area (Å²) in [5, 5.41) is 4.18. The van der Waals surface area contributed by atoms with Crippen LogP contribution in [-0.2, 0) is 25.9 Å². The second kappa shape index (κ2) is 8.20. The van der Waals surface area contributed by atoms with Gasteiger partial charge in [0.2, 0.25) is 0 Å². The number of hydrogen-bond acceptors (Lipinski definition) is 5. The van der Waals surface area contributed by atoms with Gasteiger partial charge in [-0.15, -0.1) is 23.7 Å². The molecule has 1 aromatic carbocycles. The molecule has 3 aromatic rings. The van der Waals surface area contributed by atoms with Gasteiger partial charge in [-0.2, -0.15) is 0 Å². The summed E-state index contributed by atoms with van der Waals surface area (Å²) in [6.07, 6.45) is 3.34. The third-order valence-corrected chi connectivity index (χ3v) is 5.73. The highest BCUT2D eigenvalue weighted by Gasteiger charge is 2.19. The van der Waals surface area contributed by atoms with Gasteiger partial charge >= 0.3 is 0 Å². The Morgan fingerprint density at radius 3 is 3.04 bits per heavy atom. The first-order chi connectivity index (χ1) is 12.3. The zero-order valence-electron chi connectivity index (χ0n) is 14.7. The summed E-state index contributed by atoms with van der Waals surface area (Å²) in [5.41, 5.74) is 2.39. The zero-order chi connectivity index (χ0) is 17.2. The highest BCUT2D eigenvalue weighted by Crippen LogP contribution is 2.29. The third-order valence-electron chi connectivity index (χ3n) is 4.59. The van der Waals surface area contributed by atoms with Crippen LogP contribution in [0.2, 0.25) is 0 Å². The molecular weight excluding hydrogens is 370 g/mol. The number of fused-ring (bicyclic) bond motifs is 3. The lowest BCUT2D eigenvalue weighted by Gasteiger charge is -2.13. The molecular formula is C19H22ClN3O2S. The maximum atomic E-state index is 13.0. The summed E-state index contributed by atoms with van der Waals surface area (Å²) in [7, 11) is 0. The van der Waals surface area contributed by atoms with Gasteiger partial charge in [0, 0.05) is 18.0 Å². The quantitative estimate of drug-likeness (QED) is 0.725. The van der Waals surface area contributed by atoms with E-state index in [1.54, 1.807) is 22.2 Å². The van der Waals surface area contributed by atoms with Gasteiger partial charge in [0.1, 0.15) is 10.6 Å². The van der Waals surface area contributed by atoms with Crippen LogP contribution >= 0.6 is 23.7 Å². The van der Waals surface area contributed by atoms with Gasteiger partial charge in [0.05, 0.1) is 18.3 Å². The van der Waals surface area contributed by atoms with Crippen molar-refractivity contribution in [3.63, 3.8) is 0 Å². The minimum absolute atomic E-state index is 0. The molecule has 1 aliphatic rings. The summed E-state index contributed by atoms with van der Waals surface area (Å²) in [4.78, 5) is 19.6. The average Bonchev–Trinajstić information content (AvgIpc) is 3.02. The average molecular weight is 392 g/mol. The molecule has 4 rings (SSSR count). The van der Waals surface area contributed by atoms with Crippen molar-refractivity contribution < 1.29 is 4.74 Å². The molecule has 1 aliphatic heterocycles. The van der Waals surface area contributed by atoms with Crippen molar-refractivity contribution in [1.82, 2.24) is 14.9 Å². The molecule has 26 heavy (non-hydrogen) atoms. The van der Waals surface area contributed by atoms with Crippen molar-refractivity contribution in [3.8, 4) is 5.75 Å². The van der Waals surface area contributed by atoms with Gasteiger partial charge in [-0.25, -0.2) is 4.98 Å². The predicted octanol–water partition coefficient (Wildman–Crippen LogP) is 3.17. The smallest absolute Gasteiger partial charge is 0.262 e. The summed E-state index contributed by atoms with van der Waals surface area (Å²) in [6.45, 7) is 4.99. The molecule has 0 radical (unpaired) electrons. The Morgan fingerprint density at radius 1 is 1.35 bits per heavy atom. The molecule has 0 aliphatic carbocycles. The van der Waals surface area contributed by atoms with Crippen molar-refractivity contribution >= 4 is 34.0 Å². The third kappa shape index (κ3) is 3.49.